The van der Waals surface area contributed by atoms with Gasteiger partial charge in [0.25, 0.3) is 0 Å². The van der Waals surface area contributed by atoms with Crippen molar-refractivity contribution in [3.63, 3.8) is 0 Å². The van der Waals surface area contributed by atoms with E-state index in [0.717, 1.165) is 56.9 Å². The average molecular weight is 375 g/mol. The molecule has 0 aromatic heterocycles. The number of hydrogen-bond donors (Lipinski definition) is 2. The van der Waals surface area contributed by atoms with E-state index < -0.39 is 5.60 Å². The van der Waals surface area contributed by atoms with Gasteiger partial charge in [-0.3, -0.25) is 0 Å². The maximum absolute atomic E-state index is 12.1. The highest BCUT2D eigenvalue weighted by atomic mass is 16.5. The first-order chi connectivity index (χ1) is 12.8. The van der Waals surface area contributed by atoms with E-state index in [9.17, 15) is 15.0 Å². The topological polar surface area (TPSA) is 66.8 Å². The van der Waals surface area contributed by atoms with Gasteiger partial charge in [0.05, 0.1) is 11.7 Å². The summed E-state index contributed by atoms with van der Waals surface area (Å²) in [6.07, 6.45) is 10.8. The van der Waals surface area contributed by atoms with Gasteiger partial charge in [-0.15, -0.1) is 0 Å². The maximum atomic E-state index is 12.1. The summed E-state index contributed by atoms with van der Waals surface area (Å²) in [5.74, 6) is 1.59. The van der Waals surface area contributed by atoms with Crippen LogP contribution in [0.3, 0.4) is 0 Å². The van der Waals surface area contributed by atoms with Crippen LogP contribution in [-0.4, -0.2) is 34.5 Å². The van der Waals surface area contributed by atoms with E-state index in [-0.39, 0.29) is 28.8 Å². The van der Waals surface area contributed by atoms with Crippen LogP contribution in [0.15, 0.2) is 11.6 Å². The van der Waals surface area contributed by atoms with E-state index in [0.29, 0.717) is 24.4 Å². The van der Waals surface area contributed by atoms with Gasteiger partial charge >= 0.3 is 5.97 Å². The van der Waals surface area contributed by atoms with E-state index in [2.05, 4.69) is 13.8 Å². The van der Waals surface area contributed by atoms with Crippen molar-refractivity contribution >= 4 is 5.97 Å². The van der Waals surface area contributed by atoms with Crippen molar-refractivity contribution in [3.05, 3.63) is 11.6 Å². The number of fused-ring (bicyclic) bond motifs is 5. The zero-order valence-corrected chi connectivity index (χ0v) is 16.7. The Kier molecular flexibility index (Phi) is 3.92. The van der Waals surface area contributed by atoms with E-state index in [1.165, 1.54) is 6.42 Å². The van der Waals surface area contributed by atoms with Crippen LogP contribution in [0.1, 0.15) is 71.6 Å². The highest BCUT2D eigenvalue weighted by molar-refractivity contribution is 5.85. The summed E-state index contributed by atoms with van der Waals surface area (Å²) in [6, 6.07) is 0. The SMILES string of the molecule is C[C@@]12CC[C@@H](O)C[C@@H]1CC[C@@H]1[C@@H]2CC[C@@]2(C)[C@@H](C3=CC(=O)OC3)CC[C@]12O. The van der Waals surface area contributed by atoms with Crippen LogP contribution in [0.2, 0.25) is 0 Å². The quantitative estimate of drug-likeness (QED) is 0.688. The summed E-state index contributed by atoms with van der Waals surface area (Å²) >= 11 is 0. The van der Waals surface area contributed by atoms with Crippen molar-refractivity contribution in [1.82, 2.24) is 0 Å². The highest BCUT2D eigenvalue weighted by Crippen LogP contribution is 2.69. The zero-order valence-electron chi connectivity index (χ0n) is 16.7. The van der Waals surface area contributed by atoms with Crippen molar-refractivity contribution in [3.8, 4) is 0 Å². The van der Waals surface area contributed by atoms with E-state index in [1.54, 1.807) is 6.08 Å². The second-order valence-electron chi connectivity index (χ2n) is 10.7. The molecule has 0 saturated heterocycles. The van der Waals surface area contributed by atoms with Gasteiger partial charge in [-0.25, -0.2) is 4.79 Å². The molecule has 0 spiro atoms. The molecule has 0 bridgehead atoms. The van der Waals surface area contributed by atoms with Gasteiger partial charge in [0.2, 0.25) is 0 Å². The van der Waals surface area contributed by atoms with Gasteiger partial charge in [-0.05, 0) is 92.4 Å². The molecule has 0 radical (unpaired) electrons. The lowest BCUT2D eigenvalue weighted by atomic mass is 9.43. The van der Waals surface area contributed by atoms with Crippen LogP contribution in [0.25, 0.3) is 0 Å². The van der Waals surface area contributed by atoms with Crippen molar-refractivity contribution in [2.45, 2.75) is 83.3 Å². The summed E-state index contributed by atoms with van der Waals surface area (Å²) in [4.78, 5) is 11.6. The molecule has 0 aromatic carbocycles. The van der Waals surface area contributed by atoms with E-state index in [1.807, 2.05) is 0 Å². The summed E-state index contributed by atoms with van der Waals surface area (Å²) in [5, 5.41) is 22.3. The Bertz CT molecular complexity index is 686. The lowest BCUT2D eigenvalue weighted by Crippen LogP contribution is -2.62. The van der Waals surface area contributed by atoms with Crippen LogP contribution < -0.4 is 0 Å². The molecule has 1 heterocycles. The van der Waals surface area contributed by atoms with Crippen LogP contribution in [0.5, 0.6) is 0 Å². The predicted octanol–water partition coefficient (Wildman–Crippen LogP) is 3.60. The second kappa shape index (κ2) is 5.82. The monoisotopic (exact) mass is 374 g/mol. The van der Waals surface area contributed by atoms with E-state index >= 15 is 0 Å². The molecule has 0 amide bonds. The van der Waals surface area contributed by atoms with Crippen LogP contribution in [0, 0.1) is 34.5 Å². The van der Waals surface area contributed by atoms with Gasteiger partial charge in [-0.2, -0.15) is 0 Å². The normalized spacial score (nSPS) is 54.6. The third-order valence-electron chi connectivity index (χ3n) is 9.96. The Hall–Kier alpha value is -0.870. The third-order valence-corrected chi connectivity index (χ3v) is 9.96. The van der Waals surface area contributed by atoms with Gasteiger partial charge in [0.1, 0.15) is 6.61 Å². The highest BCUT2D eigenvalue weighted by Gasteiger charge is 2.67. The van der Waals surface area contributed by atoms with Crippen molar-refractivity contribution in [2.75, 3.05) is 6.61 Å². The largest absolute Gasteiger partial charge is 0.458 e. The molecular weight excluding hydrogens is 340 g/mol. The number of cyclic esters (lactones) is 1. The number of aliphatic hydroxyl groups excluding tert-OH is 1. The molecule has 5 aliphatic rings. The summed E-state index contributed by atoms with van der Waals surface area (Å²) in [7, 11) is 0. The Morgan fingerprint density at radius 3 is 2.59 bits per heavy atom. The molecule has 4 fully saturated rings. The molecule has 27 heavy (non-hydrogen) atoms. The Morgan fingerprint density at radius 1 is 1.04 bits per heavy atom. The number of aliphatic hydroxyl groups is 2. The van der Waals surface area contributed by atoms with Gasteiger partial charge < -0.3 is 14.9 Å². The zero-order chi connectivity index (χ0) is 19.0. The summed E-state index contributed by atoms with van der Waals surface area (Å²) in [6.45, 7) is 5.15. The number of ether oxygens (including phenoxy) is 1. The summed E-state index contributed by atoms with van der Waals surface area (Å²) in [5.41, 5.74) is 0.600. The molecule has 0 unspecified atom stereocenters. The molecule has 1 aliphatic heterocycles. The first-order valence-electron chi connectivity index (χ1n) is 11.1. The molecule has 2 N–H and O–H groups in total. The molecule has 4 nitrogen and oxygen atoms in total. The van der Waals surface area contributed by atoms with Crippen LogP contribution in [-0.2, 0) is 9.53 Å². The van der Waals surface area contributed by atoms with Crippen molar-refractivity contribution in [1.29, 1.82) is 0 Å². The second-order valence-corrected chi connectivity index (χ2v) is 10.7. The molecular formula is C23H34O4. The Morgan fingerprint density at radius 2 is 1.85 bits per heavy atom. The summed E-state index contributed by atoms with van der Waals surface area (Å²) < 4.78 is 5.20. The number of rotatable bonds is 1. The molecule has 5 rings (SSSR count). The molecule has 4 aliphatic carbocycles. The molecule has 4 heteroatoms. The first kappa shape index (κ1) is 18.2. The number of esters is 1. The van der Waals surface area contributed by atoms with Crippen LogP contribution in [0.4, 0.5) is 0 Å². The number of carbonyl (C=O) groups excluding carboxylic acids is 1. The fourth-order valence-electron chi connectivity index (χ4n) is 8.39. The number of hydrogen-bond acceptors (Lipinski definition) is 4. The van der Waals surface area contributed by atoms with Crippen molar-refractivity contribution in [2.24, 2.45) is 34.5 Å². The van der Waals surface area contributed by atoms with Crippen LogP contribution >= 0.6 is 0 Å². The number of carbonyl (C=O) groups is 1. The predicted molar refractivity (Wildman–Crippen MR) is 102 cm³/mol. The third kappa shape index (κ3) is 2.32. The van der Waals surface area contributed by atoms with Gasteiger partial charge in [-0.1, -0.05) is 13.8 Å². The Labute approximate surface area is 162 Å². The Balaban J connectivity index is 1.47. The lowest BCUT2D eigenvalue weighted by molar-refractivity contribution is -0.208. The van der Waals surface area contributed by atoms with E-state index in [4.69, 9.17) is 4.74 Å². The smallest absolute Gasteiger partial charge is 0.331 e. The molecule has 4 saturated carbocycles. The first-order valence-corrected chi connectivity index (χ1v) is 11.1. The molecule has 0 aromatic rings. The minimum absolute atomic E-state index is 0.126. The molecule has 8 atom stereocenters. The molecule has 150 valence electrons. The standard InChI is InChI=1S/C23H34O4/c1-21-8-5-16(24)12-15(21)3-4-19-18(21)6-9-22(2)17(7-10-23(19,22)26)14-11-20(25)27-13-14/h11,15-19,24,26H,3-10,12-13H2,1-2H3/t15-,16+,17+,18-,19+,21+,22-,23-/m0/s1. The fraction of sp³-hybridized carbons (Fsp3) is 0.870. The minimum Gasteiger partial charge on any atom is -0.458 e. The average Bonchev–Trinajstić information content (AvgIpc) is 3.16. The minimum atomic E-state index is -0.628. The van der Waals surface area contributed by atoms with Crippen molar-refractivity contribution < 1.29 is 19.7 Å². The fourth-order valence-corrected chi connectivity index (χ4v) is 8.39. The van der Waals surface area contributed by atoms with Gasteiger partial charge in [0, 0.05) is 11.5 Å². The van der Waals surface area contributed by atoms with Gasteiger partial charge in [0.15, 0.2) is 0 Å². The maximum Gasteiger partial charge on any atom is 0.331 e. The lowest BCUT2D eigenvalue weighted by Gasteiger charge is -2.63.